The molecule has 2 atom stereocenters. The first-order chi connectivity index (χ1) is 9.45. The molecule has 1 aromatic heterocycles. The fourth-order valence-electron chi connectivity index (χ4n) is 2.64. The number of aromatic nitrogens is 2. The molecule has 1 fully saturated rings. The van der Waals surface area contributed by atoms with Crippen molar-refractivity contribution >= 4 is 11.9 Å². The molecule has 0 saturated heterocycles. The molecule has 6 nitrogen and oxygen atoms in total. The number of ether oxygens (including phenoxy) is 1. The molecule has 0 bridgehead atoms. The lowest BCUT2D eigenvalue weighted by Gasteiger charge is -2.27. The van der Waals surface area contributed by atoms with Gasteiger partial charge in [0.2, 0.25) is 11.8 Å². The molecular formula is C14H21N3O3. The summed E-state index contributed by atoms with van der Waals surface area (Å²) in [5.74, 6) is 0.176. The number of hydrogen-bond donors (Lipinski definition) is 2. The van der Waals surface area contributed by atoms with Crippen LogP contribution in [-0.4, -0.2) is 33.7 Å². The molecule has 0 aromatic carbocycles. The summed E-state index contributed by atoms with van der Waals surface area (Å²) in [4.78, 5) is 20.0. The fraction of sp³-hybridized carbons (Fsp3) is 0.643. The Bertz CT molecular complexity index is 506. The molecule has 1 aliphatic carbocycles. The van der Waals surface area contributed by atoms with E-state index in [-0.39, 0.29) is 6.04 Å². The van der Waals surface area contributed by atoms with Crippen LogP contribution in [0.15, 0.2) is 6.07 Å². The molecule has 110 valence electrons. The second-order valence-electron chi connectivity index (χ2n) is 5.42. The second-order valence-corrected chi connectivity index (χ2v) is 5.42. The highest BCUT2D eigenvalue weighted by molar-refractivity contribution is 5.76. The van der Waals surface area contributed by atoms with Crippen LogP contribution >= 0.6 is 0 Å². The van der Waals surface area contributed by atoms with Crippen molar-refractivity contribution in [2.45, 2.75) is 46.1 Å². The van der Waals surface area contributed by atoms with Gasteiger partial charge in [-0.2, -0.15) is 4.98 Å². The summed E-state index contributed by atoms with van der Waals surface area (Å²) in [6.07, 6.45) is 2.37. The molecule has 0 spiro atoms. The van der Waals surface area contributed by atoms with E-state index in [2.05, 4.69) is 15.3 Å². The molecule has 1 heterocycles. The van der Waals surface area contributed by atoms with Gasteiger partial charge in [-0.25, -0.2) is 4.98 Å². The molecule has 1 aliphatic rings. The first-order valence-electron chi connectivity index (χ1n) is 6.94. The Morgan fingerprint density at radius 3 is 3.00 bits per heavy atom. The molecule has 0 radical (unpaired) electrons. The number of aliphatic carboxylic acids is 1. The summed E-state index contributed by atoms with van der Waals surface area (Å²) < 4.78 is 5.38. The van der Waals surface area contributed by atoms with Crippen LogP contribution in [0.4, 0.5) is 5.95 Å². The molecule has 0 aliphatic heterocycles. The standard InChI is InChI=1S/C14H21N3O3/c1-4-20-11-8-9(2)15-13(17-11)16-10-6-5-7-14(10,3)12(18)19/h8,10H,4-7H2,1-3H3,(H,18,19)(H,15,16,17). The summed E-state index contributed by atoms with van der Waals surface area (Å²) in [7, 11) is 0. The van der Waals surface area contributed by atoms with Gasteiger partial charge in [-0.1, -0.05) is 6.42 Å². The van der Waals surface area contributed by atoms with Crippen molar-refractivity contribution in [3.63, 3.8) is 0 Å². The van der Waals surface area contributed by atoms with Gasteiger partial charge in [-0.15, -0.1) is 0 Å². The van der Waals surface area contributed by atoms with Gasteiger partial charge in [-0.05, 0) is 33.6 Å². The fourth-order valence-corrected chi connectivity index (χ4v) is 2.64. The smallest absolute Gasteiger partial charge is 0.311 e. The highest BCUT2D eigenvalue weighted by atomic mass is 16.5. The van der Waals surface area contributed by atoms with Gasteiger partial charge in [-0.3, -0.25) is 4.79 Å². The molecule has 1 aromatic rings. The molecule has 2 N–H and O–H groups in total. The van der Waals surface area contributed by atoms with Gasteiger partial charge in [0.1, 0.15) is 0 Å². The lowest BCUT2D eigenvalue weighted by molar-refractivity contribution is -0.147. The van der Waals surface area contributed by atoms with Crippen LogP contribution in [-0.2, 0) is 4.79 Å². The van der Waals surface area contributed by atoms with Gasteiger partial charge < -0.3 is 15.2 Å². The highest BCUT2D eigenvalue weighted by Crippen LogP contribution is 2.39. The third-order valence-electron chi connectivity index (χ3n) is 3.87. The molecule has 6 heteroatoms. The van der Waals surface area contributed by atoms with Crippen molar-refractivity contribution in [1.29, 1.82) is 0 Å². The average Bonchev–Trinajstić information content (AvgIpc) is 2.72. The average molecular weight is 279 g/mol. The highest BCUT2D eigenvalue weighted by Gasteiger charge is 2.45. The number of anilines is 1. The van der Waals surface area contributed by atoms with E-state index in [0.717, 1.165) is 18.5 Å². The largest absolute Gasteiger partial charge is 0.481 e. The zero-order chi connectivity index (χ0) is 14.8. The second kappa shape index (κ2) is 5.64. The number of carboxylic acid groups (broad SMARTS) is 1. The number of carbonyl (C=O) groups is 1. The predicted molar refractivity (Wildman–Crippen MR) is 74.9 cm³/mol. The third-order valence-corrected chi connectivity index (χ3v) is 3.87. The maximum absolute atomic E-state index is 11.5. The van der Waals surface area contributed by atoms with Crippen molar-refractivity contribution in [3.05, 3.63) is 11.8 Å². The summed E-state index contributed by atoms with van der Waals surface area (Å²) in [5.41, 5.74) is 0.0276. The van der Waals surface area contributed by atoms with Crippen LogP contribution in [0.5, 0.6) is 5.88 Å². The minimum atomic E-state index is -0.773. The van der Waals surface area contributed by atoms with Crippen LogP contribution in [0, 0.1) is 12.3 Å². The van der Waals surface area contributed by atoms with Crippen LogP contribution in [0.1, 0.15) is 38.8 Å². The van der Waals surface area contributed by atoms with Crippen LogP contribution in [0.2, 0.25) is 0 Å². The molecule has 2 rings (SSSR count). The Kier molecular flexibility index (Phi) is 4.11. The summed E-state index contributed by atoms with van der Waals surface area (Å²) in [5, 5.41) is 12.6. The minimum absolute atomic E-state index is 0.156. The number of nitrogens with zero attached hydrogens (tertiary/aromatic N) is 2. The van der Waals surface area contributed by atoms with Crippen LogP contribution in [0.25, 0.3) is 0 Å². The van der Waals surface area contributed by atoms with Gasteiger partial charge in [0.05, 0.1) is 12.0 Å². The minimum Gasteiger partial charge on any atom is -0.481 e. The normalized spacial score (nSPS) is 25.4. The summed E-state index contributed by atoms with van der Waals surface area (Å²) in [6, 6.07) is 1.61. The maximum atomic E-state index is 11.5. The van der Waals surface area contributed by atoms with E-state index >= 15 is 0 Å². The van der Waals surface area contributed by atoms with Gasteiger partial charge in [0.15, 0.2) is 0 Å². The molecular weight excluding hydrogens is 258 g/mol. The van der Waals surface area contributed by atoms with E-state index in [1.807, 2.05) is 13.8 Å². The Morgan fingerprint density at radius 2 is 2.35 bits per heavy atom. The first kappa shape index (κ1) is 14.6. The summed E-state index contributed by atoms with van der Waals surface area (Å²) >= 11 is 0. The Labute approximate surface area is 118 Å². The third kappa shape index (κ3) is 2.84. The van der Waals surface area contributed by atoms with Crippen molar-refractivity contribution < 1.29 is 14.6 Å². The van der Waals surface area contributed by atoms with E-state index in [0.29, 0.717) is 24.9 Å². The Balaban J connectivity index is 2.19. The number of rotatable bonds is 5. The van der Waals surface area contributed by atoms with Crippen LogP contribution < -0.4 is 10.1 Å². The lowest BCUT2D eigenvalue weighted by Crippen LogP contribution is -2.40. The Hall–Kier alpha value is -1.85. The summed E-state index contributed by atoms with van der Waals surface area (Å²) in [6.45, 7) is 6.06. The maximum Gasteiger partial charge on any atom is 0.311 e. The SMILES string of the molecule is CCOc1cc(C)nc(NC2CCCC2(C)C(=O)O)n1. The predicted octanol–water partition coefficient (Wildman–Crippen LogP) is 2.24. The molecule has 1 saturated carbocycles. The number of aryl methyl sites for hydroxylation is 1. The van der Waals surface area contributed by atoms with Crippen LogP contribution in [0.3, 0.4) is 0 Å². The first-order valence-corrected chi connectivity index (χ1v) is 6.94. The zero-order valence-corrected chi connectivity index (χ0v) is 12.1. The monoisotopic (exact) mass is 279 g/mol. The molecule has 2 unspecified atom stereocenters. The van der Waals surface area contributed by atoms with Gasteiger partial charge in [0, 0.05) is 17.8 Å². The number of hydrogen-bond acceptors (Lipinski definition) is 5. The lowest BCUT2D eigenvalue weighted by atomic mass is 9.85. The van der Waals surface area contributed by atoms with E-state index in [4.69, 9.17) is 4.74 Å². The van der Waals surface area contributed by atoms with E-state index in [1.165, 1.54) is 0 Å². The molecule has 0 amide bonds. The van der Waals surface area contributed by atoms with E-state index < -0.39 is 11.4 Å². The number of nitrogens with one attached hydrogen (secondary N) is 1. The van der Waals surface area contributed by atoms with Crippen molar-refractivity contribution in [2.24, 2.45) is 5.41 Å². The van der Waals surface area contributed by atoms with Crippen molar-refractivity contribution in [2.75, 3.05) is 11.9 Å². The van der Waals surface area contributed by atoms with E-state index in [1.54, 1.807) is 13.0 Å². The van der Waals surface area contributed by atoms with Crippen molar-refractivity contribution in [3.8, 4) is 5.88 Å². The van der Waals surface area contributed by atoms with Gasteiger partial charge in [0.25, 0.3) is 0 Å². The van der Waals surface area contributed by atoms with Crippen molar-refractivity contribution in [1.82, 2.24) is 9.97 Å². The number of carboxylic acids is 1. The van der Waals surface area contributed by atoms with E-state index in [9.17, 15) is 9.90 Å². The quantitative estimate of drug-likeness (QED) is 0.860. The molecule has 20 heavy (non-hydrogen) atoms. The van der Waals surface area contributed by atoms with Gasteiger partial charge >= 0.3 is 5.97 Å². The topological polar surface area (TPSA) is 84.3 Å². The zero-order valence-electron chi connectivity index (χ0n) is 12.1. The Morgan fingerprint density at radius 1 is 1.60 bits per heavy atom.